The summed E-state index contributed by atoms with van der Waals surface area (Å²) < 4.78 is 6.60. The Morgan fingerprint density at radius 3 is 2.43 bits per heavy atom. The zero-order valence-electron chi connectivity index (χ0n) is 23.0. The molecule has 1 unspecified atom stereocenters. The molecule has 9 atom stereocenters. The average molecular weight is 513 g/mol. The van der Waals surface area contributed by atoms with Gasteiger partial charge in [-0.3, -0.25) is 19.2 Å². The van der Waals surface area contributed by atoms with Crippen LogP contribution in [0.15, 0.2) is 23.3 Å². The molecule has 7 nitrogen and oxygen atoms in total. The minimum atomic E-state index is -1.02. The van der Waals surface area contributed by atoms with E-state index in [1.807, 2.05) is 27.7 Å². The van der Waals surface area contributed by atoms with Crippen molar-refractivity contribution in [1.29, 1.82) is 0 Å². The standard InChI is InChI=1S/C30H40O7/c1-15(10-17(31)11-16(2)25(35)36)18-12-23(34)29(7)28(18,6)22(33)13-20-27(5)9-8-21(32)26(3,4)19(27)14-24-30(20,29)37-24/h10,13,16,18-19,23-24,34H,8-9,11-12,14H2,1-7H3,(H,35,36)/b15-10-/t16?,18-,19+,23-,24-,27+,28+,29-,30+/m1/s1. The van der Waals surface area contributed by atoms with Crippen LogP contribution < -0.4 is 0 Å². The highest BCUT2D eigenvalue weighted by atomic mass is 16.6. The van der Waals surface area contributed by atoms with Gasteiger partial charge in [-0.2, -0.15) is 0 Å². The molecule has 0 radical (unpaired) electrons. The van der Waals surface area contributed by atoms with E-state index in [0.29, 0.717) is 31.3 Å². The maximum Gasteiger partial charge on any atom is 0.306 e. The van der Waals surface area contributed by atoms with E-state index in [4.69, 9.17) is 4.74 Å². The number of hydrogen-bond donors (Lipinski definition) is 2. The Labute approximate surface area is 218 Å². The monoisotopic (exact) mass is 512 g/mol. The van der Waals surface area contributed by atoms with Crippen LogP contribution in [0.5, 0.6) is 0 Å². The Morgan fingerprint density at radius 2 is 1.81 bits per heavy atom. The average Bonchev–Trinajstić information content (AvgIpc) is 3.49. The van der Waals surface area contributed by atoms with Crippen molar-refractivity contribution in [2.75, 3.05) is 0 Å². The van der Waals surface area contributed by atoms with Gasteiger partial charge in [0.15, 0.2) is 11.6 Å². The van der Waals surface area contributed by atoms with E-state index < -0.39 is 39.8 Å². The molecule has 5 rings (SSSR count). The lowest BCUT2D eigenvalue weighted by molar-refractivity contribution is -0.148. The second-order valence-corrected chi connectivity index (χ2v) is 13.6. The van der Waals surface area contributed by atoms with Crippen LogP contribution in [-0.4, -0.2) is 51.3 Å². The zero-order chi connectivity index (χ0) is 27.5. The lowest BCUT2D eigenvalue weighted by Crippen LogP contribution is -2.65. The topological polar surface area (TPSA) is 121 Å². The van der Waals surface area contributed by atoms with Crippen LogP contribution in [0, 0.1) is 39.4 Å². The van der Waals surface area contributed by atoms with Crippen LogP contribution in [0.1, 0.15) is 80.6 Å². The number of fused-ring (bicyclic) bond motifs is 3. The highest BCUT2D eigenvalue weighted by Crippen LogP contribution is 2.79. The Kier molecular flexibility index (Phi) is 5.53. The molecule has 1 heterocycles. The number of carbonyl (C=O) groups excluding carboxylic acids is 3. The molecule has 1 spiro atoms. The molecule has 0 aromatic rings. The number of allylic oxidation sites excluding steroid dienone is 3. The Balaban J connectivity index is 1.58. The van der Waals surface area contributed by atoms with Gasteiger partial charge in [0.25, 0.3) is 0 Å². The predicted octanol–water partition coefficient (Wildman–Crippen LogP) is 4.07. The van der Waals surface area contributed by atoms with Crippen molar-refractivity contribution in [3.05, 3.63) is 23.3 Å². The number of aliphatic hydroxyl groups is 1. The molecule has 4 aliphatic carbocycles. The van der Waals surface area contributed by atoms with Gasteiger partial charge in [0.1, 0.15) is 11.4 Å². The summed E-state index contributed by atoms with van der Waals surface area (Å²) in [5.74, 6) is -2.25. The maximum absolute atomic E-state index is 14.2. The van der Waals surface area contributed by atoms with Crippen molar-refractivity contribution in [3.63, 3.8) is 0 Å². The molecule has 0 bridgehead atoms. The van der Waals surface area contributed by atoms with Crippen LogP contribution in [0.25, 0.3) is 0 Å². The lowest BCUT2D eigenvalue weighted by atomic mass is 9.40. The maximum atomic E-state index is 14.2. The normalized spacial score (nSPS) is 46.7. The SMILES string of the molecule is C/C(=C/C(=O)CC(C)C(=O)O)[C@H]1C[C@@H](O)[C@]2(C)[C@]1(C)C(=O)C=C1[C@@]3(C)CCC(=O)C(C)(C)[C@@H]3C[C@H]3O[C@@]132. The van der Waals surface area contributed by atoms with Gasteiger partial charge >= 0.3 is 5.97 Å². The number of ketones is 3. The van der Waals surface area contributed by atoms with Gasteiger partial charge in [-0.05, 0) is 61.2 Å². The second kappa shape index (κ2) is 7.72. The van der Waals surface area contributed by atoms with Crippen molar-refractivity contribution < 1.29 is 34.1 Å². The number of carboxylic acids is 1. The molecule has 1 aliphatic heterocycles. The molecular formula is C30H40O7. The second-order valence-electron chi connectivity index (χ2n) is 13.6. The number of carboxylic acid groups (broad SMARTS) is 1. The van der Waals surface area contributed by atoms with E-state index in [9.17, 15) is 29.4 Å². The van der Waals surface area contributed by atoms with Gasteiger partial charge in [0.05, 0.1) is 18.1 Å². The molecule has 5 aliphatic rings. The highest BCUT2D eigenvalue weighted by molar-refractivity contribution is 6.00. The fourth-order valence-electron chi connectivity index (χ4n) is 9.21. The van der Waals surface area contributed by atoms with Crippen molar-refractivity contribution in [2.45, 2.75) is 98.4 Å². The fourth-order valence-corrected chi connectivity index (χ4v) is 9.21. The molecule has 0 aromatic heterocycles. The molecule has 0 aromatic carbocycles. The van der Waals surface area contributed by atoms with E-state index >= 15 is 0 Å². The molecule has 2 N–H and O–H groups in total. The molecule has 7 heteroatoms. The molecular weight excluding hydrogens is 472 g/mol. The first kappa shape index (κ1) is 26.5. The molecule has 202 valence electrons. The van der Waals surface area contributed by atoms with Crippen LogP contribution >= 0.6 is 0 Å². The summed E-state index contributed by atoms with van der Waals surface area (Å²) in [7, 11) is 0. The quantitative estimate of drug-likeness (QED) is 0.421. The van der Waals surface area contributed by atoms with Gasteiger partial charge in [0.2, 0.25) is 0 Å². The fraction of sp³-hybridized carbons (Fsp3) is 0.733. The smallest absolute Gasteiger partial charge is 0.306 e. The zero-order valence-corrected chi connectivity index (χ0v) is 23.0. The van der Waals surface area contributed by atoms with Gasteiger partial charge < -0.3 is 14.9 Å². The number of aliphatic hydroxyl groups excluding tert-OH is 1. The molecule has 0 amide bonds. The summed E-state index contributed by atoms with van der Waals surface area (Å²) in [6.45, 7) is 13.4. The van der Waals surface area contributed by atoms with Gasteiger partial charge in [-0.15, -0.1) is 0 Å². The molecule has 37 heavy (non-hydrogen) atoms. The van der Waals surface area contributed by atoms with Crippen molar-refractivity contribution in [1.82, 2.24) is 0 Å². The number of hydrogen-bond acceptors (Lipinski definition) is 6. The largest absolute Gasteiger partial charge is 0.481 e. The first-order valence-corrected chi connectivity index (χ1v) is 13.6. The third kappa shape index (κ3) is 3.01. The van der Waals surface area contributed by atoms with Crippen LogP contribution in [0.4, 0.5) is 0 Å². The third-order valence-electron chi connectivity index (χ3n) is 11.7. The Hall–Kier alpha value is -2.12. The number of carbonyl (C=O) groups is 4. The van der Waals surface area contributed by atoms with Gasteiger partial charge in [-0.1, -0.05) is 47.1 Å². The van der Waals surface area contributed by atoms with Crippen LogP contribution in [0.2, 0.25) is 0 Å². The molecule has 1 saturated heterocycles. The highest BCUT2D eigenvalue weighted by Gasteiger charge is 2.85. The van der Waals surface area contributed by atoms with Crippen molar-refractivity contribution >= 4 is 23.3 Å². The first-order chi connectivity index (χ1) is 17.0. The summed E-state index contributed by atoms with van der Waals surface area (Å²) in [5.41, 5.74) is -1.92. The summed E-state index contributed by atoms with van der Waals surface area (Å²) in [6.07, 6.45) is 4.30. The van der Waals surface area contributed by atoms with Crippen LogP contribution in [0.3, 0.4) is 0 Å². The Bertz CT molecular complexity index is 1180. The molecule has 4 fully saturated rings. The van der Waals surface area contributed by atoms with E-state index in [1.165, 1.54) is 13.0 Å². The predicted molar refractivity (Wildman–Crippen MR) is 135 cm³/mol. The summed E-state index contributed by atoms with van der Waals surface area (Å²) in [5, 5.41) is 20.9. The first-order valence-electron chi connectivity index (χ1n) is 13.6. The summed E-state index contributed by atoms with van der Waals surface area (Å²) in [6, 6.07) is 0. The van der Waals surface area contributed by atoms with E-state index in [0.717, 1.165) is 5.57 Å². The van der Waals surface area contributed by atoms with Crippen LogP contribution in [-0.2, 0) is 23.9 Å². The number of Topliss-reactive ketones (excluding diaryl/α,β-unsaturated/α-hetero) is 1. The van der Waals surface area contributed by atoms with Gasteiger partial charge in [0, 0.05) is 29.1 Å². The Morgan fingerprint density at radius 1 is 1.16 bits per heavy atom. The third-order valence-corrected chi connectivity index (χ3v) is 11.7. The number of aliphatic carboxylic acids is 1. The number of rotatable bonds is 5. The number of epoxide rings is 1. The molecule has 3 saturated carbocycles. The van der Waals surface area contributed by atoms with E-state index in [2.05, 4.69) is 6.92 Å². The number of ether oxygens (including phenoxy) is 1. The van der Waals surface area contributed by atoms with Crippen molar-refractivity contribution in [2.24, 2.45) is 39.4 Å². The van der Waals surface area contributed by atoms with E-state index in [1.54, 1.807) is 13.0 Å². The van der Waals surface area contributed by atoms with Gasteiger partial charge in [-0.25, -0.2) is 0 Å². The minimum absolute atomic E-state index is 0.0544. The summed E-state index contributed by atoms with van der Waals surface area (Å²) >= 11 is 0. The summed E-state index contributed by atoms with van der Waals surface area (Å²) in [4.78, 5) is 50.9. The van der Waals surface area contributed by atoms with Crippen molar-refractivity contribution in [3.8, 4) is 0 Å². The van der Waals surface area contributed by atoms with E-state index in [-0.39, 0.29) is 47.1 Å². The minimum Gasteiger partial charge on any atom is -0.481 e. The lowest BCUT2D eigenvalue weighted by Gasteiger charge is -2.60.